The summed E-state index contributed by atoms with van der Waals surface area (Å²) in [5.41, 5.74) is 0. The maximum Gasteiger partial charge on any atom is 0.00245 e. The summed E-state index contributed by atoms with van der Waals surface area (Å²) in [4.78, 5) is 2.61. The molecule has 0 amide bonds. The van der Waals surface area contributed by atoms with Crippen molar-refractivity contribution in [2.24, 2.45) is 11.8 Å². The summed E-state index contributed by atoms with van der Waals surface area (Å²) in [6.07, 6.45) is 2.90. The Morgan fingerprint density at radius 1 is 1.36 bits per heavy atom. The number of nitrogens with one attached hydrogen (secondary N) is 1. The van der Waals surface area contributed by atoms with E-state index >= 15 is 0 Å². The van der Waals surface area contributed by atoms with E-state index in [-0.39, 0.29) is 0 Å². The molecule has 3 aliphatic rings. The second-order valence-electron chi connectivity index (χ2n) is 3.96. The van der Waals surface area contributed by atoms with Crippen molar-refractivity contribution in [2.45, 2.75) is 12.8 Å². The molecule has 3 aliphatic heterocycles. The lowest BCUT2D eigenvalue weighted by atomic mass is 9.79. The fourth-order valence-electron chi connectivity index (χ4n) is 2.58. The Morgan fingerprint density at radius 3 is 2.55 bits per heavy atom. The number of nitrogens with zero attached hydrogens (tertiary/aromatic N) is 1. The topological polar surface area (TPSA) is 15.3 Å². The molecule has 0 spiro atoms. The smallest absolute Gasteiger partial charge is 0.00245 e. The summed E-state index contributed by atoms with van der Waals surface area (Å²) < 4.78 is 0. The van der Waals surface area contributed by atoms with Gasteiger partial charge >= 0.3 is 0 Å². The molecular weight excluding hydrogens is 136 g/mol. The summed E-state index contributed by atoms with van der Waals surface area (Å²) in [6.45, 7) is 5.31. The van der Waals surface area contributed by atoms with Crippen LogP contribution >= 0.6 is 0 Å². The Kier molecular flexibility index (Phi) is 2.14. The SMILES string of the molecule is CNCC1CN2CCC1CC2. The van der Waals surface area contributed by atoms with E-state index in [0.29, 0.717) is 0 Å². The first kappa shape index (κ1) is 7.56. The summed E-state index contributed by atoms with van der Waals surface area (Å²) in [6, 6.07) is 0. The summed E-state index contributed by atoms with van der Waals surface area (Å²) in [7, 11) is 2.07. The van der Waals surface area contributed by atoms with Crippen molar-refractivity contribution in [3.05, 3.63) is 0 Å². The molecule has 1 atom stereocenters. The highest BCUT2D eigenvalue weighted by atomic mass is 15.2. The molecule has 0 aromatic carbocycles. The van der Waals surface area contributed by atoms with E-state index in [4.69, 9.17) is 0 Å². The highest BCUT2D eigenvalue weighted by Gasteiger charge is 2.33. The third-order valence-corrected chi connectivity index (χ3v) is 3.26. The monoisotopic (exact) mass is 154 g/mol. The largest absolute Gasteiger partial charge is 0.319 e. The van der Waals surface area contributed by atoms with Gasteiger partial charge in [0.25, 0.3) is 0 Å². The van der Waals surface area contributed by atoms with E-state index in [1.807, 2.05) is 0 Å². The summed E-state index contributed by atoms with van der Waals surface area (Å²) in [5.74, 6) is 1.98. The molecule has 3 fully saturated rings. The van der Waals surface area contributed by atoms with Gasteiger partial charge in [0, 0.05) is 6.54 Å². The lowest BCUT2D eigenvalue weighted by molar-refractivity contribution is 0.0520. The van der Waals surface area contributed by atoms with Gasteiger partial charge in [0.15, 0.2) is 0 Å². The van der Waals surface area contributed by atoms with Crippen LogP contribution in [0.5, 0.6) is 0 Å². The Labute approximate surface area is 69.0 Å². The van der Waals surface area contributed by atoms with Crippen molar-refractivity contribution in [2.75, 3.05) is 33.2 Å². The van der Waals surface area contributed by atoms with Gasteiger partial charge in [-0.3, -0.25) is 0 Å². The average Bonchev–Trinajstić information content (AvgIpc) is 2.07. The molecule has 2 bridgehead atoms. The fraction of sp³-hybridized carbons (Fsp3) is 1.00. The first-order valence-electron chi connectivity index (χ1n) is 4.77. The molecule has 64 valence electrons. The lowest BCUT2D eigenvalue weighted by Gasteiger charge is -2.44. The van der Waals surface area contributed by atoms with Gasteiger partial charge in [-0.05, 0) is 51.4 Å². The zero-order valence-corrected chi connectivity index (χ0v) is 7.34. The van der Waals surface area contributed by atoms with E-state index in [1.54, 1.807) is 0 Å². The van der Waals surface area contributed by atoms with Crippen LogP contribution in [0.25, 0.3) is 0 Å². The van der Waals surface area contributed by atoms with Gasteiger partial charge < -0.3 is 10.2 Å². The van der Waals surface area contributed by atoms with Crippen LogP contribution in [-0.2, 0) is 0 Å². The normalized spacial score (nSPS) is 42.8. The quantitative estimate of drug-likeness (QED) is 0.625. The van der Waals surface area contributed by atoms with Crippen LogP contribution in [0.15, 0.2) is 0 Å². The Morgan fingerprint density at radius 2 is 2.09 bits per heavy atom. The van der Waals surface area contributed by atoms with E-state index in [1.165, 1.54) is 39.0 Å². The van der Waals surface area contributed by atoms with Gasteiger partial charge in [0.05, 0.1) is 0 Å². The van der Waals surface area contributed by atoms with E-state index in [2.05, 4.69) is 17.3 Å². The number of hydrogen-bond donors (Lipinski definition) is 1. The van der Waals surface area contributed by atoms with E-state index in [0.717, 1.165) is 11.8 Å². The predicted octanol–water partition coefficient (Wildman–Crippen LogP) is 0.548. The third kappa shape index (κ3) is 1.42. The van der Waals surface area contributed by atoms with Crippen LogP contribution < -0.4 is 5.32 Å². The molecule has 3 rings (SSSR count). The molecule has 2 nitrogen and oxygen atoms in total. The van der Waals surface area contributed by atoms with Crippen molar-refractivity contribution in [1.29, 1.82) is 0 Å². The van der Waals surface area contributed by atoms with Crippen LogP contribution in [0, 0.1) is 11.8 Å². The molecule has 3 heterocycles. The summed E-state index contributed by atoms with van der Waals surface area (Å²) in [5, 5.41) is 3.30. The molecule has 0 saturated carbocycles. The van der Waals surface area contributed by atoms with Crippen LogP contribution in [-0.4, -0.2) is 38.1 Å². The Bertz CT molecular complexity index is 128. The van der Waals surface area contributed by atoms with Crippen LogP contribution in [0.4, 0.5) is 0 Å². The first-order valence-corrected chi connectivity index (χ1v) is 4.77. The van der Waals surface area contributed by atoms with Crippen molar-refractivity contribution in [3.63, 3.8) is 0 Å². The van der Waals surface area contributed by atoms with Crippen molar-refractivity contribution < 1.29 is 0 Å². The maximum absolute atomic E-state index is 3.30. The van der Waals surface area contributed by atoms with Crippen LogP contribution in [0.3, 0.4) is 0 Å². The highest BCUT2D eigenvalue weighted by molar-refractivity contribution is 4.87. The minimum Gasteiger partial charge on any atom is -0.319 e. The van der Waals surface area contributed by atoms with Crippen molar-refractivity contribution >= 4 is 0 Å². The van der Waals surface area contributed by atoms with Crippen LogP contribution in [0.1, 0.15) is 12.8 Å². The van der Waals surface area contributed by atoms with E-state index in [9.17, 15) is 0 Å². The lowest BCUT2D eigenvalue weighted by Crippen LogP contribution is -2.49. The van der Waals surface area contributed by atoms with Gasteiger partial charge in [0.2, 0.25) is 0 Å². The number of rotatable bonds is 2. The first-order chi connectivity index (χ1) is 5.40. The van der Waals surface area contributed by atoms with Gasteiger partial charge in [-0.2, -0.15) is 0 Å². The predicted molar refractivity (Wildman–Crippen MR) is 46.6 cm³/mol. The minimum atomic E-state index is 0.947. The van der Waals surface area contributed by atoms with Crippen LogP contribution in [0.2, 0.25) is 0 Å². The van der Waals surface area contributed by atoms with Gasteiger partial charge in [0.1, 0.15) is 0 Å². The second-order valence-corrected chi connectivity index (χ2v) is 3.96. The minimum absolute atomic E-state index is 0.947. The molecule has 0 aromatic rings. The summed E-state index contributed by atoms with van der Waals surface area (Å²) >= 11 is 0. The number of piperidine rings is 3. The van der Waals surface area contributed by atoms with Gasteiger partial charge in [-0.25, -0.2) is 0 Å². The maximum atomic E-state index is 3.30. The molecule has 1 unspecified atom stereocenters. The van der Waals surface area contributed by atoms with Gasteiger partial charge in [-0.1, -0.05) is 0 Å². The Hall–Kier alpha value is -0.0800. The molecule has 0 aromatic heterocycles. The number of fused-ring (bicyclic) bond motifs is 3. The van der Waals surface area contributed by atoms with Crippen molar-refractivity contribution in [3.8, 4) is 0 Å². The molecule has 3 saturated heterocycles. The standard InChI is InChI=1S/C9H18N2/c1-10-6-9-7-11-4-2-8(9)3-5-11/h8-10H,2-7H2,1H3. The molecule has 2 heteroatoms. The fourth-order valence-corrected chi connectivity index (χ4v) is 2.58. The zero-order chi connectivity index (χ0) is 7.68. The molecule has 0 aliphatic carbocycles. The Balaban J connectivity index is 1.92. The molecule has 11 heavy (non-hydrogen) atoms. The van der Waals surface area contributed by atoms with Gasteiger partial charge in [-0.15, -0.1) is 0 Å². The molecule has 0 radical (unpaired) electrons. The van der Waals surface area contributed by atoms with Crippen molar-refractivity contribution in [1.82, 2.24) is 10.2 Å². The van der Waals surface area contributed by atoms with E-state index < -0.39 is 0 Å². The number of hydrogen-bond acceptors (Lipinski definition) is 2. The second kappa shape index (κ2) is 3.11. The third-order valence-electron chi connectivity index (χ3n) is 3.26. The average molecular weight is 154 g/mol. The molecular formula is C9H18N2. The molecule has 1 N–H and O–H groups in total. The zero-order valence-electron chi connectivity index (χ0n) is 7.34. The highest BCUT2D eigenvalue weighted by Crippen LogP contribution is 2.31.